The molecule has 2 aliphatic carbocycles. The molecule has 0 aromatic rings. The minimum absolute atomic E-state index is 0. The van der Waals surface area contributed by atoms with Crippen LogP contribution in [0.1, 0.15) is 25.7 Å². The van der Waals surface area contributed by atoms with Gasteiger partial charge in [-0.15, -0.1) is 12.4 Å². The topological polar surface area (TPSA) is 26.0 Å². The minimum Gasteiger partial charge on any atom is -0.328 e. The lowest BCUT2D eigenvalue weighted by Crippen LogP contribution is -2.18. The Morgan fingerprint density at radius 2 is 1.44 bits per heavy atom. The van der Waals surface area contributed by atoms with E-state index in [0.717, 1.165) is 11.8 Å². The molecule has 0 bridgehead atoms. The normalized spacial score (nSPS) is 47.0. The number of nitrogens with two attached hydrogens (primary N) is 1. The Hall–Kier alpha value is 0.250. The highest BCUT2D eigenvalue weighted by Gasteiger charge is 2.38. The fraction of sp³-hybridized carbons (Fsp3) is 1.00. The van der Waals surface area contributed by atoms with Crippen LogP contribution in [0.25, 0.3) is 0 Å². The summed E-state index contributed by atoms with van der Waals surface area (Å²) in [6, 6.07) is 0.562. The second-order valence-corrected chi connectivity index (χ2v) is 3.33. The zero-order valence-electron chi connectivity index (χ0n) is 5.55. The summed E-state index contributed by atoms with van der Waals surface area (Å²) in [6.07, 6.45) is 5.59. The van der Waals surface area contributed by atoms with Crippen molar-refractivity contribution in [2.75, 3.05) is 0 Å². The van der Waals surface area contributed by atoms with Crippen molar-refractivity contribution in [3.63, 3.8) is 0 Å². The van der Waals surface area contributed by atoms with Crippen LogP contribution in [0.15, 0.2) is 0 Å². The molecular weight excluding hydrogens is 134 g/mol. The molecule has 0 radical (unpaired) electrons. The molecule has 0 heterocycles. The van der Waals surface area contributed by atoms with Gasteiger partial charge in [-0.25, -0.2) is 0 Å². The summed E-state index contributed by atoms with van der Waals surface area (Å²) in [5.74, 6) is 2.09. The molecule has 54 valence electrons. The molecule has 2 unspecified atom stereocenters. The fourth-order valence-corrected chi connectivity index (χ4v) is 2.13. The monoisotopic (exact) mass is 147 g/mol. The second-order valence-electron chi connectivity index (χ2n) is 3.33. The molecule has 1 nitrogen and oxygen atoms in total. The summed E-state index contributed by atoms with van der Waals surface area (Å²) in [5.41, 5.74) is 5.76. The van der Waals surface area contributed by atoms with Crippen LogP contribution in [0, 0.1) is 11.8 Å². The maximum absolute atomic E-state index is 5.76. The first kappa shape index (κ1) is 7.36. The molecule has 2 N–H and O–H groups in total. The molecule has 0 amide bonds. The average molecular weight is 148 g/mol. The highest BCUT2D eigenvalue weighted by molar-refractivity contribution is 5.85. The van der Waals surface area contributed by atoms with Gasteiger partial charge in [-0.1, -0.05) is 0 Å². The smallest absolute Gasteiger partial charge is 0.00443 e. The van der Waals surface area contributed by atoms with Crippen LogP contribution < -0.4 is 5.73 Å². The molecule has 2 aliphatic rings. The summed E-state index contributed by atoms with van der Waals surface area (Å²) >= 11 is 0. The predicted octanol–water partition coefficient (Wildman–Crippen LogP) is 1.56. The van der Waals surface area contributed by atoms with E-state index >= 15 is 0 Å². The van der Waals surface area contributed by atoms with Crippen LogP contribution in [0.5, 0.6) is 0 Å². The summed E-state index contributed by atoms with van der Waals surface area (Å²) in [6.45, 7) is 0. The van der Waals surface area contributed by atoms with Crippen LogP contribution >= 0.6 is 12.4 Å². The van der Waals surface area contributed by atoms with E-state index in [-0.39, 0.29) is 12.4 Å². The molecule has 9 heavy (non-hydrogen) atoms. The van der Waals surface area contributed by atoms with Crippen molar-refractivity contribution in [3.8, 4) is 0 Å². The van der Waals surface area contributed by atoms with Crippen molar-refractivity contribution in [1.29, 1.82) is 0 Å². The van der Waals surface area contributed by atoms with Gasteiger partial charge in [-0.2, -0.15) is 0 Å². The Morgan fingerprint density at radius 3 is 1.67 bits per heavy atom. The Labute approximate surface area is 62.4 Å². The maximum atomic E-state index is 5.76. The maximum Gasteiger partial charge on any atom is 0.00443 e. The first-order valence-corrected chi connectivity index (χ1v) is 3.62. The summed E-state index contributed by atoms with van der Waals surface area (Å²) < 4.78 is 0. The van der Waals surface area contributed by atoms with Gasteiger partial charge < -0.3 is 5.73 Å². The highest BCUT2D eigenvalue weighted by Crippen LogP contribution is 2.45. The van der Waals surface area contributed by atoms with E-state index in [1.165, 1.54) is 25.7 Å². The zero-order valence-corrected chi connectivity index (χ0v) is 6.36. The minimum atomic E-state index is 0. The lowest BCUT2D eigenvalue weighted by Gasteiger charge is -2.29. The van der Waals surface area contributed by atoms with Gasteiger partial charge in [0.15, 0.2) is 0 Å². The Morgan fingerprint density at radius 1 is 1.00 bits per heavy atom. The lowest BCUT2D eigenvalue weighted by atomic mass is 9.77. The van der Waals surface area contributed by atoms with Gasteiger partial charge in [-0.3, -0.25) is 0 Å². The number of halogens is 1. The molecule has 2 rings (SSSR count). The van der Waals surface area contributed by atoms with Crippen molar-refractivity contribution in [3.05, 3.63) is 0 Å². The van der Waals surface area contributed by atoms with Gasteiger partial charge in [0.25, 0.3) is 0 Å². The molecule has 2 saturated carbocycles. The van der Waals surface area contributed by atoms with Gasteiger partial charge in [-0.05, 0) is 37.5 Å². The van der Waals surface area contributed by atoms with Gasteiger partial charge >= 0.3 is 0 Å². The molecule has 2 fully saturated rings. The third-order valence-electron chi connectivity index (χ3n) is 2.79. The van der Waals surface area contributed by atoms with Crippen molar-refractivity contribution in [2.24, 2.45) is 17.6 Å². The molecule has 0 aromatic carbocycles. The Balaban J connectivity index is 0.000000405. The van der Waals surface area contributed by atoms with E-state index in [0.29, 0.717) is 6.04 Å². The highest BCUT2D eigenvalue weighted by atomic mass is 35.5. The Kier molecular flexibility index (Phi) is 2.02. The van der Waals surface area contributed by atoms with Crippen molar-refractivity contribution in [1.82, 2.24) is 0 Å². The first-order chi connectivity index (χ1) is 3.86. The summed E-state index contributed by atoms with van der Waals surface area (Å²) in [7, 11) is 0. The fourth-order valence-electron chi connectivity index (χ4n) is 2.13. The number of rotatable bonds is 0. The zero-order chi connectivity index (χ0) is 5.56. The lowest BCUT2D eigenvalue weighted by molar-refractivity contribution is 0.219. The second kappa shape index (κ2) is 2.47. The molecule has 0 aromatic heterocycles. The molecule has 2 heteroatoms. The number of hydrogen-bond acceptors (Lipinski definition) is 1. The SMILES string of the molecule is Cl.NC1CC2CCC2C1. The van der Waals surface area contributed by atoms with E-state index in [9.17, 15) is 0 Å². The molecule has 0 aliphatic heterocycles. The Bertz CT molecular complexity index is 93.1. The molecule has 0 spiro atoms. The molecule has 2 atom stereocenters. The quantitative estimate of drug-likeness (QED) is 0.553. The third-order valence-corrected chi connectivity index (χ3v) is 2.79. The van der Waals surface area contributed by atoms with Crippen molar-refractivity contribution < 1.29 is 0 Å². The van der Waals surface area contributed by atoms with Crippen LogP contribution in [-0.4, -0.2) is 6.04 Å². The summed E-state index contributed by atoms with van der Waals surface area (Å²) in [4.78, 5) is 0. The predicted molar refractivity (Wildman–Crippen MR) is 40.7 cm³/mol. The van der Waals surface area contributed by atoms with E-state index in [1.807, 2.05) is 0 Å². The summed E-state index contributed by atoms with van der Waals surface area (Å²) in [5, 5.41) is 0. The van der Waals surface area contributed by atoms with Crippen LogP contribution in [0.4, 0.5) is 0 Å². The van der Waals surface area contributed by atoms with Gasteiger partial charge in [0, 0.05) is 6.04 Å². The van der Waals surface area contributed by atoms with Crippen LogP contribution in [0.3, 0.4) is 0 Å². The van der Waals surface area contributed by atoms with Gasteiger partial charge in [0.2, 0.25) is 0 Å². The van der Waals surface area contributed by atoms with E-state index in [1.54, 1.807) is 0 Å². The van der Waals surface area contributed by atoms with E-state index in [4.69, 9.17) is 5.73 Å². The van der Waals surface area contributed by atoms with Crippen LogP contribution in [-0.2, 0) is 0 Å². The van der Waals surface area contributed by atoms with Crippen molar-refractivity contribution >= 4 is 12.4 Å². The third kappa shape index (κ3) is 1.08. The molecule has 0 saturated heterocycles. The number of fused-ring (bicyclic) bond motifs is 1. The standard InChI is InChI=1S/C7H13N.ClH/c8-7-3-5-1-2-6(5)4-7;/h5-7H,1-4,8H2;1H. The van der Waals surface area contributed by atoms with Crippen molar-refractivity contribution in [2.45, 2.75) is 31.7 Å². The van der Waals surface area contributed by atoms with E-state index in [2.05, 4.69) is 0 Å². The van der Waals surface area contributed by atoms with Gasteiger partial charge in [0.05, 0.1) is 0 Å². The van der Waals surface area contributed by atoms with Crippen LogP contribution in [0.2, 0.25) is 0 Å². The van der Waals surface area contributed by atoms with Gasteiger partial charge in [0.1, 0.15) is 0 Å². The van der Waals surface area contributed by atoms with E-state index < -0.39 is 0 Å². The largest absolute Gasteiger partial charge is 0.328 e. The number of hydrogen-bond donors (Lipinski definition) is 1. The molecular formula is C7H14ClN. The average Bonchev–Trinajstić information content (AvgIpc) is 1.91. The first-order valence-electron chi connectivity index (χ1n) is 3.62.